The zero-order valence-electron chi connectivity index (χ0n) is 13.5. The molecule has 0 aliphatic heterocycles. The fraction of sp³-hybridized carbons (Fsp3) is 0.294. The van der Waals surface area contributed by atoms with Crippen molar-refractivity contribution >= 4 is 10.0 Å². The molecule has 0 N–H and O–H groups in total. The van der Waals surface area contributed by atoms with E-state index in [1.165, 1.54) is 24.5 Å². The Labute approximate surface area is 137 Å². The number of benzene rings is 2. The minimum atomic E-state index is -3.62. The lowest BCUT2D eigenvalue weighted by Gasteiger charge is -2.19. The van der Waals surface area contributed by atoms with Crippen LogP contribution >= 0.6 is 0 Å². The average Bonchev–Trinajstić information content (AvgIpc) is 2.56. The Balaban J connectivity index is 2.05. The molecule has 0 spiro atoms. The monoisotopic (exact) mass is 335 g/mol. The Morgan fingerprint density at radius 1 is 1.00 bits per heavy atom. The molecule has 0 amide bonds. The molecule has 0 radical (unpaired) electrons. The minimum absolute atomic E-state index is 0.154. The number of sulfonamides is 1. The smallest absolute Gasteiger partial charge is 0.246 e. The van der Waals surface area contributed by atoms with Crippen molar-refractivity contribution in [2.24, 2.45) is 0 Å². The van der Waals surface area contributed by atoms with Gasteiger partial charge < -0.3 is 9.47 Å². The highest BCUT2D eigenvalue weighted by molar-refractivity contribution is 7.89. The van der Waals surface area contributed by atoms with Crippen molar-refractivity contribution in [3.05, 3.63) is 54.1 Å². The second-order valence-electron chi connectivity index (χ2n) is 5.09. The van der Waals surface area contributed by atoms with Gasteiger partial charge >= 0.3 is 0 Å². The third kappa shape index (κ3) is 4.03. The molecule has 0 fully saturated rings. The van der Waals surface area contributed by atoms with Gasteiger partial charge in [-0.1, -0.05) is 30.3 Å². The van der Waals surface area contributed by atoms with Crippen LogP contribution in [-0.2, 0) is 10.0 Å². The molecule has 0 aromatic heterocycles. The van der Waals surface area contributed by atoms with Crippen molar-refractivity contribution < 1.29 is 17.9 Å². The topological polar surface area (TPSA) is 55.8 Å². The van der Waals surface area contributed by atoms with E-state index in [4.69, 9.17) is 9.47 Å². The molecule has 23 heavy (non-hydrogen) atoms. The Kier molecular flexibility index (Phi) is 5.63. The Morgan fingerprint density at radius 2 is 1.61 bits per heavy atom. The predicted molar refractivity (Wildman–Crippen MR) is 89.5 cm³/mol. The number of rotatable bonds is 7. The van der Waals surface area contributed by atoms with E-state index >= 15 is 0 Å². The highest BCUT2D eigenvalue weighted by Crippen LogP contribution is 2.25. The van der Waals surface area contributed by atoms with Gasteiger partial charge in [-0.15, -0.1) is 0 Å². The summed E-state index contributed by atoms with van der Waals surface area (Å²) in [5.74, 6) is 1.09. The quantitative estimate of drug-likeness (QED) is 0.781. The minimum Gasteiger partial charge on any atom is -0.495 e. The molecule has 0 saturated carbocycles. The zero-order chi connectivity index (χ0) is 16.9. The van der Waals surface area contributed by atoms with Crippen LogP contribution in [0.15, 0.2) is 53.4 Å². The maximum Gasteiger partial charge on any atom is 0.246 e. The summed E-state index contributed by atoms with van der Waals surface area (Å²) in [6.45, 7) is 2.47. The number of hydrogen-bond donors (Lipinski definition) is 0. The third-order valence-electron chi connectivity index (χ3n) is 3.51. The van der Waals surface area contributed by atoms with Crippen molar-refractivity contribution in [3.63, 3.8) is 0 Å². The summed E-state index contributed by atoms with van der Waals surface area (Å²) in [6.07, 6.45) is 0. The largest absolute Gasteiger partial charge is 0.495 e. The molecule has 2 aromatic carbocycles. The number of ether oxygens (including phenoxy) is 2. The zero-order valence-corrected chi connectivity index (χ0v) is 14.3. The number of para-hydroxylation sites is 2. The van der Waals surface area contributed by atoms with Gasteiger partial charge in [0.15, 0.2) is 0 Å². The summed E-state index contributed by atoms with van der Waals surface area (Å²) >= 11 is 0. The molecule has 0 heterocycles. The summed E-state index contributed by atoms with van der Waals surface area (Å²) < 4.78 is 37.3. The van der Waals surface area contributed by atoms with E-state index in [-0.39, 0.29) is 18.0 Å². The Morgan fingerprint density at radius 3 is 2.26 bits per heavy atom. The second-order valence-corrected chi connectivity index (χ2v) is 7.10. The SMILES string of the molecule is COc1ccccc1S(=O)(=O)N(C)CCOc1ccccc1C. The van der Waals surface area contributed by atoms with Crippen molar-refractivity contribution in [2.75, 3.05) is 27.3 Å². The van der Waals surface area contributed by atoms with Gasteiger partial charge in [-0.05, 0) is 30.7 Å². The van der Waals surface area contributed by atoms with Gasteiger partial charge in [0.25, 0.3) is 0 Å². The van der Waals surface area contributed by atoms with Gasteiger partial charge in [0.05, 0.1) is 7.11 Å². The van der Waals surface area contributed by atoms with Crippen molar-refractivity contribution in [1.82, 2.24) is 4.31 Å². The third-order valence-corrected chi connectivity index (χ3v) is 5.41. The van der Waals surface area contributed by atoms with Gasteiger partial charge in [0, 0.05) is 13.6 Å². The second kappa shape index (κ2) is 7.48. The molecular formula is C17H21NO4S. The van der Waals surface area contributed by atoms with Gasteiger partial charge in [-0.3, -0.25) is 0 Å². The summed E-state index contributed by atoms with van der Waals surface area (Å²) in [5, 5.41) is 0. The molecule has 2 aromatic rings. The molecule has 0 bridgehead atoms. The number of hydrogen-bond acceptors (Lipinski definition) is 4. The lowest BCUT2D eigenvalue weighted by Crippen LogP contribution is -2.31. The van der Waals surface area contributed by atoms with Crippen LogP contribution < -0.4 is 9.47 Å². The fourth-order valence-corrected chi connectivity index (χ4v) is 3.43. The van der Waals surface area contributed by atoms with Crippen LogP contribution in [0, 0.1) is 6.92 Å². The molecule has 0 saturated heterocycles. The van der Waals surface area contributed by atoms with E-state index in [2.05, 4.69) is 0 Å². The fourth-order valence-electron chi connectivity index (χ4n) is 2.12. The van der Waals surface area contributed by atoms with Crippen LogP contribution in [0.5, 0.6) is 11.5 Å². The van der Waals surface area contributed by atoms with Gasteiger partial charge in [-0.25, -0.2) is 8.42 Å². The van der Waals surface area contributed by atoms with Crippen LogP contribution in [0.4, 0.5) is 0 Å². The lowest BCUT2D eigenvalue weighted by atomic mass is 10.2. The first-order valence-corrected chi connectivity index (χ1v) is 8.68. The van der Waals surface area contributed by atoms with Crippen LogP contribution in [0.1, 0.15) is 5.56 Å². The molecule has 0 atom stereocenters. The van der Waals surface area contributed by atoms with Crippen LogP contribution in [0.3, 0.4) is 0 Å². The average molecular weight is 335 g/mol. The molecular weight excluding hydrogens is 314 g/mol. The van der Waals surface area contributed by atoms with Crippen molar-refractivity contribution in [2.45, 2.75) is 11.8 Å². The van der Waals surface area contributed by atoms with Crippen LogP contribution in [0.2, 0.25) is 0 Å². The van der Waals surface area contributed by atoms with Gasteiger partial charge in [0.1, 0.15) is 23.0 Å². The number of likely N-dealkylation sites (N-methyl/N-ethyl adjacent to an activating group) is 1. The number of nitrogens with zero attached hydrogens (tertiary/aromatic N) is 1. The maximum absolute atomic E-state index is 12.6. The van der Waals surface area contributed by atoms with Crippen LogP contribution in [-0.4, -0.2) is 40.0 Å². The normalized spacial score (nSPS) is 11.5. The summed E-state index contributed by atoms with van der Waals surface area (Å²) in [4.78, 5) is 0.154. The van der Waals surface area contributed by atoms with E-state index in [9.17, 15) is 8.42 Å². The molecule has 6 heteroatoms. The number of aryl methyl sites for hydroxylation is 1. The Hall–Kier alpha value is -2.05. The molecule has 124 valence electrons. The highest BCUT2D eigenvalue weighted by Gasteiger charge is 2.24. The van der Waals surface area contributed by atoms with E-state index < -0.39 is 10.0 Å². The summed E-state index contributed by atoms with van der Waals surface area (Å²) in [7, 11) is -0.633. The van der Waals surface area contributed by atoms with Gasteiger partial charge in [0.2, 0.25) is 10.0 Å². The first-order valence-electron chi connectivity index (χ1n) is 7.24. The van der Waals surface area contributed by atoms with E-state index in [0.717, 1.165) is 11.3 Å². The summed E-state index contributed by atoms with van der Waals surface area (Å²) in [6, 6.07) is 14.2. The number of methoxy groups -OCH3 is 1. The molecule has 0 aliphatic carbocycles. The van der Waals surface area contributed by atoms with E-state index in [1.807, 2.05) is 31.2 Å². The van der Waals surface area contributed by atoms with Crippen molar-refractivity contribution in [3.8, 4) is 11.5 Å². The van der Waals surface area contributed by atoms with Crippen molar-refractivity contribution in [1.29, 1.82) is 0 Å². The van der Waals surface area contributed by atoms with E-state index in [0.29, 0.717) is 5.75 Å². The van der Waals surface area contributed by atoms with Gasteiger partial charge in [-0.2, -0.15) is 4.31 Å². The predicted octanol–water partition coefficient (Wildman–Crippen LogP) is 2.70. The summed E-state index contributed by atoms with van der Waals surface area (Å²) in [5.41, 5.74) is 1.02. The standard InChI is InChI=1S/C17H21NO4S/c1-14-8-4-5-9-15(14)22-13-12-18(2)23(19,20)17-11-7-6-10-16(17)21-3/h4-11H,12-13H2,1-3H3. The molecule has 5 nitrogen and oxygen atoms in total. The molecule has 0 aliphatic rings. The van der Waals surface area contributed by atoms with Crippen LogP contribution in [0.25, 0.3) is 0 Å². The molecule has 0 unspecified atom stereocenters. The first kappa shape index (κ1) is 17.3. The first-order chi connectivity index (χ1) is 11.0. The Bertz CT molecular complexity index is 759. The lowest BCUT2D eigenvalue weighted by molar-refractivity contribution is 0.285. The van der Waals surface area contributed by atoms with E-state index in [1.54, 1.807) is 18.2 Å². The molecule has 2 rings (SSSR count). The highest BCUT2D eigenvalue weighted by atomic mass is 32.2. The maximum atomic E-state index is 12.6.